The number of amides is 1. The molecule has 1 aromatic rings. The molecule has 1 saturated heterocycles. The first-order valence-corrected chi connectivity index (χ1v) is 8.54. The molecule has 0 aromatic heterocycles. The van der Waals surface area contributed by atoms with Gasteiger partial charge in [0.2, 0.25) is 5.91 Å². The lowest BCUT2D eigenvalue weighted by atomic mass is 9.98. The summed E-state index contributed by atoms with van der Waals surface area (Å²) in [6.45, 7) is 1.93. The van der Waals surface area contributed by atoms with Crippen molar-refractivity contribution in [3.63, 3.8) is 0 Å². The lowest BCUT2D eigenvalue weighted by Crippen LogP contribution is -2.26. The smallest absolute Gasteiger partial charge is 0.224 e. The van der Waals surface area contributed by atoms with Gasteiger partial charge < -0.3 is 11.1 Å². The number of hydrogen-bond donors (Lipinski definition) is 2. The second-order valence-electron chi connectivity index (χ2n) is 5.44. The molecule has 20 heavy (non-hydrogen) atoms. The molecule has 0 saturated carbocycles. The van der Waals surface area contributed by atoms with Crippen molar-refractivity contribution in [2.75, 3.05) is 22.6 Å². The summed E-state index contributed by atoms with van der Waals surface area (Å²) >= 11 is 0. The Morgan fingerprint density at radius 1 is 1.35 bits per heavy atom. The van der Waals surface area contributed by atoms with Crippen molar-refractivity contribution >= 4 is 27.1 Å². The molecule has 1 amide bonds. The van der Waals surface area contributed by atoms with E-state index in [0.29, 0.717) is 30.6 Å². The van der Waals surface area contributed by atoms with E-state index in [2.05, 4.69) is 5.32 Å². The van der Waals surface area contributed by atoms with Gasteiger partial charge in [0.1, 0.15) is 9.84 Å². The molecular formula is C14H20N2O3S. The van der Waals surface area contributed by atoms with Crippen LogP contribution in [0.1, 0.15) is 24.8 Å². The average Bonchev–Trinajstić information content (AvgIpc) is 2.35. The zero-order chi connectivity index (χ0) is 14.8. The van der Waals surface area contributed by atoms with E-state index in [4.69, 9.17) is 5.73 Å². The number of anilines is 2. The van der Waals surface area contributed by atoms with Crippen LogP contribution in [0.25, 0.3) is 0 Å². The molecule has 1 aliphatic rings. The van der Waals surface area contributed by atoms with Crippen molar-refractivity contribution in [3.05, 3.63) is 23.8 Å². The molecule has 1 heterocycles. The monoisotopic (exact) mass is 296 g/mol. The highest BCUT2D eigenvalue weighted by molar-refractivity contribution is 7.91. The fourth-order valence-electron chi connectivity index (χ4n) is 2.40. The van der Waals surface area contributed by atoms with E-state index in [-0.39, 0.29) is 23.3 Å². The minimum absolute atomic E-state index is 0.107. The highest BCUT2D eigenvalue weighted by atomic mass is 32.2. The van der Waals surface area contributed by atoms with Crippen LogP contribution < -0.4 is 11.1 Å². The Labute approximate surface area is 119 Å². The Hall–Kier alpha value is -1.56. The summed E-state index contributed by atoms with van der Waals surface area (Å²) in [6, 6.07) is 5.48. The molecule has 0 atom stereocenters. The lowest BCUT2D eigenvalue weighted by Gasteiger charge is -2.21. The minimum Gasteiger partial charge on any atom is -0.397 e. The number of carbonyl (C=O) groups excluding carboxylic acids is 1. The predicted octanol–water partition coefficient (Wildman–Crippen LogP) is 1.73. The molecule has 0 unspecified atom stereocenters. The van der Waals surface area contributed by atoms with Crippen molar-refractivity contribution in [3.8, 4) is 0 Å². The zero-order valence-corrected chi connectivity index (χ0v) is 12.4. The second-order valence-corrected chi connectivity index (χ2v) is 7.74. The first-order valence-electron chi connectivity index (χ1n) is 6.72. The summed E-state index contributed by atoms with van der Waals surface area (Å²) in [7, 11) is -2.87. The largest absolute Gasteiger partial charge is 0.397 e. The normalized spacial score (nSPS) is 18.6. The highest BCUT2D eigenvalue weighted by Gasteiger charge is 2.25. The Bertz CT molecular complexity index is 597. The van der Waals surface area contributed by atoms with Crippen molar-refractivity contribution in [2.24, 2.45) is 5.92 Å². The molecule has 6 heteroatoms. The summed E-state index contributed by atoms with van der Waals surface area (Å²) in [5, 5.41) is 2.79. The van der Waals surface area contributed by atoms with Gasteiger partial charge in [-0.25, -0.2) is 8.42 Å². The summed E-state index contributed by atoms with van der Waals surface area (Å²) in [4.78, 5) is 12.0. The van der Waals surface area contributed by atoms with Crippen molar-refractivity contribution in [1.82, 2.24) is 0 Å². The Morgan fingerprint density at radius 3 is 2.60 bits per heavy atom. The Kier molecular flexibility index (Phi) is 4.32. The number of sulfone groups is 1. The van der Waals surface area contributed by atoms with Gasteiger partial charge in [-0.3, -0.25) is 4.79 Å². The number of benzene rings is 1. The summed E-state index contributed by atoms with van der Waals surface area (Å²) in [5.41, 5.74) is 8.04. The topological polar surface area (TPSA) is 89.3 Å². The molecule has 2 rings (SSSR count). The third-order valence-corrected chi connectivity index (χ3v) is 5.34. The molecule has 1 aliphatic heterocycles. The fourth-order valence-corrected chi connectivity index (χ4v) is 3.99. The van der Waals surface area contributed by atoms with Crippen LogP contribution >= 0.6 is 0 Å². The van der Waals surface area contributed by atoms with E-state index in [1.165, 1.54) is 0 Å². The third kappa shape index (κ3) is 3.96. The third-order valence-electron chi connectivity index (χ3n) is 3.63. The van der Waals surface area contributed by atoms with Crippen LogP contribution in [0.5, 0.6) is 0 Å². The van der Waals surface area contributed by atoms with Gasteiger partial charge in [-0.15, -0.1) is 0 Å². The van der Waals surface area contributed by atoms with Crippen molar-refractivity contribution in [1.29, 1.82) is 0 Å². The highest BCUT2D eigenvalue weighted by Crippen LogP contribution is 2.24. The molecule has 0 bridgehead atoms. The van der Waals surface area contributed by atoms with Gasteiger partial charge in [0.25, 0.3) is 0 Å². The van der Waals surface area contributed by atoms with Gasteiger partial charge >= 0.3 is 0 Å². The quantitative estimate of drug-likeness (QED) is 0.831. The number of rotatable bonds is 3. The van der Waals surface area contributed by atoms with Gasteiger partial charge in [-0.2, -0.15) is 0 Å². The van der Waals surface area contributed by atoms with E-state index in [1.807, 2.05) is 19.1 Å². The summed E-state index contributed by atoms with van der Waals surface area (Å²) in [5.74, 6) is 0.421. The van der Waals surface area contributed by atoms with Crippen LogP contribution in [0, 0.1) is 12.8 Å². The number of hydrogen-bond acceptors (Lipinski definition) is 4. The first kappa shape index (κ1) is 14.8. The van der Waals surface area contributed by atoms with Crippen molar-refractivity contribution in [2.45, 2.75) is 26.2 Å². The lowest BCUT2D eigenvalue weighted by molar-refractivity contribution is -0.117. The number of nitrogens with two attached hydrogens (primary N) is 1. The van der Waals surface area contributed by atoms with E-state index >= 15 is 0 Å². The van der Waals surface area contributed by atoms with Crippen LogP contribution in [0.2, 0.25) is 0 Å². The molecule has 1 fully saturated rings. The Balaban J connectivity index is 1.90. The van der Waals surface area contributed by atoms with Crippen LogP contribution in [-0.2, 0) is 14.6 Å². The maximum absolute atomic E-state index is 12.0. The van der Waals surface area contributed by atoms with Crippen LogP contribution in [0.3, 0.4) is 0 Å². The average molecular weight is 296 g/mol. The van der Waals surface area contributed by atoms with Gasteiger partial charge in [-0.05, 0) is 43.4 Å². The number of carbonyl (C=O) groups is 1. The van der Waals surface area contributed by atoms with Crippen LogP contribution in [0.15, 0.2) is 18.2 Å². The van der Waals surface area contributed by atoms with Crippen molar-refractivity contribution < 1.29 is 13.2 Å². The van der Waals surface area contributed by atoms with E-state index in [1.54, 1.807) is 6.07 Å². The molecule has 110 valence electrons. The van der Waals surface area contributed by atoms with Gasteiger partial charge in [0.05, 0.1) is 22.9 Å². The summed E-state index contributed by atoms with van der Waals surface area (Å²) in [6.07, 6.45) is 1.49. The fraction of sp³-hybridized carbons (Fsp3) is 0.500. The molecule has 5 nitrogen and oxygen atoms in total. The van der Waals surface area contributed by atoms with Gasteiger partial charge in [0, 0.05) is 6.42 Å². The maximum Gasteiger partial charge on any atom is 0.224 e. The molecule has 0 aliphatic carbocycles. The molecule has 3 N–H and O–H groups in total. The van der Waals surface area contributed by atoms with E-state index < -0.39 is 9.84 Å². The predicted molar refractivity (Wildman–Crippen MR) is 80.2 cm³/mol. The molecule has 1 aromatic carbocycles. The van der Waals surface area contributed by atoms with Crippen LogP contribution in [-0.4, -0.2) is 25.8 Å². The van der Waals surface area contributed by atoms with Gasteiger partial charge in [-0.1, -0.05) is 6.07 Å². The number of nitrogen functional groups attached to an aromatic ring is 1. The number of aryl methyl sites for hydroxylation is 1. The summed E-state index contributed by atoms with van der Waals surface area (Å²) < 4.78 is 22.7. The standard InChI is InChI=1S/C14H20N2O3S/c1-10-2-3-13(12(15)8-10)16-14(17)9-11-4-6-20(18,19)7-5-11/h2-3,8,11H,4-7,9,15H2,1H3,(H,16,17). The molecular weight excluding hydrogens is 276 g/mol. The van der Waals surface area contributed by atoms with Crippen LogP contribution in [0.4, 0.5) is 11.4 Å². The second kappa shape index (κ2) is 5.83. The molecule has 0 spiro atoms. The van der Waals surface area contributed by atoms with E-state index in [9.17, 15) is 13.2 Å². The van der Waals surface area contributed by atoms with E-state index in [0.717, 1.165) is 5.56 Å². The number of nitrogens with one attached hydrogen (secondary N) is 1. The Morgan fingerprint density at radius 2 is 2.00 bits per heavy atom. The maximum atomic E-state index is 12.0. The first-order chi connectivity index (χ1) is 9.35. The SMILES string of the molecule is Cc1ccc(NC(=O)CC2CCS(=O)(=O)CC2)c(N)c1. The molecule has 0 radical (unpaired) electrons. The zero-order valence-electron chi connectivity index (χ0n) is 11.6. The van der Waals surface area contributed by atoms with Gasteiger partial charge in [0.15, 0.2) is 0 Å². The minimum atomic E-state index is -2.87.